The van der Waals surface area contributed by atoms with E-state index in [1.807, 2.05) is 0 Å². The molecule has 1 atom stereocenters. The van der Waals surface area contributed by atoms with Gasteiger partial charge >= 0.3 is 10.2 Å². The molecule has 1 saturated heterocycles. The van der Waals surface area contributed by atoms with Crippen molar-refractivity contribution in [3.05, 3.63) is 0 Å². The van der Waals surface area contributed by atoms with E-state index in [0.29, 0.717) is 4.90 Å². The van der Waals surface area contributed by atoms with Crippen molar-refractivity contribution in [2.45, 2.75) is 31.7 Å². The number of halogens is 3. The van der Waals surface area contributed by atoms with Gasteiger partial charge in [-0.1, -0.05) is 6.92 Å². The Hall–Kier alpha value is -1.32. The van der Waals surface area contributed by atoms with Crippen LogP contribution in [0.15, 0.2) is 0 Å². The largest absolute Gasteiger partial charge is 0.347 e. The summed E-state index contributed by atoms with van der Waals surface area (Å²) in [5.41, 5.74) is 0. The molecule has 0 aromatic rings. The molecule has 0 saturated carbocycles. The maximum Gasteiger partial charge on any atom is 0.304 e. The number of rotatable bonds is 5. The van der Waals surface area contributed by atoms with E-state index in [2.05, 4.69) is 5.32 Å². The number of nitrogens with one attached hydrogen (secondary N) is 1. The second-order valence-corrected chi connectivity index (χ2v) is 5.98. The van der Waals surface area contributed by atoms with Gasteiger partial charge in [-0.05, 0) is 0 Å². The van der Waals surface area contributed by atoms with Crippen LogP contribution in [0.25, 0.3) is 0 Å². The average Bonchev–Trinajstić information content (AvgIpc) is 2.58. The lowest BCUT2D eigenvalue weighted by molar-refractivity contribution is -0.134. The van der Waals surface area contributed by atoms with E-state index in [-0.39, 0.29) is 6.42 Å². The van der Waals surface area contributed by atoms with Gasteiger partial charge in [-0.15, -0.1) is 3.89 Å². The highest BCUT2D eigenvalue weighted by atomic mass is 32.3. The molecule has 0 aliphatic carbocycles. The highest BCUT2D eigenvalue weighted by molar-refractivity contribution is 7.86. The lowest BCUT2D eigenvalue weighted by atomic mass is 10.2. The van der Waals surface area contributed by atoms with Gasteiger partial charge < -0.3 is 10.2 Å². The van der Waals surface area contributed by atoms with Crippen molar-refractivity contribution in [3.8, 4) is 0 Å². The molecule has 0 aromatic carbocycles. The van der Waals surface area contributed by atoms with Crippen molar-refractivity contribution in [2.24, 2.45) is 0 Å². The summed E-state index contributed by atoms with van der Waals surface area (Å²) in [5, 5.41) is 2.20. The highest BCUT2D eigenvalue weighted by Crippen LogP contribution is 2.32. The minimum Gasteiger partial charge on any atom is -0.347 e. The van der Waals surface area contributed by atoms with Crippen LogP contribution in [0.2, 0.25) is 0 Å². The second kappa shape index (κ2) is 5.98. The molecule has 1 aliphatic rings. The average molecular weight is 316 g/mol. The van der Waals surface area contributed by atoms with E-state index in [1.165, 1.54) is 0 Å². The molecular weight excluding hydrogens is 301 g/mol. The van der Waals surface area contributed by atoms with Gasteiger partial charge in [-0.3, -0.25) is 9.59 Å². The Balaban J connectivity index is 2.73. The zero-order valence-corrected chi connectivity index (χ0v) is 11.6. The van der Waals surface area contributed by atoms with E-state index >= 15 is 0 Å². The molecule has 0 spiro atoms. The van der Waals surface area contributed by atoms with E-state index in [0.717, 1.165) is 0 Å². The first-order chi connectivity index (χ1) is 9.04. The number of amides is 2. The van der Waals surface area contributed by atoms with Crippen LogP contribution in [-0.2, 0) is 19.8 Å². The lowest BCUT2D eigenvalue weighted by Crippen LogP contribution is -2.44. The molecule has 1 fully saturated rings. The third-order valence-electron chi connectivity index (χ3n) is 2.85. The Morgan fingerprint density at radius 3 is 2.50 bits per heavy atom. The number of likely N-dealkylation sites (tertiary alicyclic amines) is 1. The summed E-state index contributed by atoms with van der Waals surface area (Å²) >= 11 is 0. The van der Waals surface area contributed by atoms with Crippen molar-refractivity contribution < 1.29 is 30.7 Å². The van der Waals surface area contributed by atoms with Gasteiger partial charge in [0.2, 0.25) is 11.8 Å². The highest BCUT2D eigenvalue weighted by Gasteiger charge is 2.48. The van der Waals surface area contributed by atoms with Gasteiger partial charge in [0.25, 0.3) is 5.92 Å². The first-order valence-corrected chi connectivity index (χ1v) is 7.45. The lowest BCUT2D eigenvalue weighted by Gasteiger charge is -2.22. The van der Waals surface area contributed by atoms with Crippen LogP contribution in [0, 0.1) is 0 Å². The van der Waals surface area contributed by atoms with Crippen molar-refractivity contribution in [3.63, 3.8) is 0 Å². The summed E-state index contributed by atoms with van der Waals surface area (Å²) in [5.74, 6) is -5.74. The van der Waals surface area contributed by atoms with Crippen LogP contribution < -0.4 is 5.32 Å². The van der Waals surface area contributed by atoms with Gasteiger partial charge in [0.15, 0.2) is 0 Å². The first kappa shape index (κ1) is 16.7. The Labute approximate surface area is 114 Å². The number of carbonyl (C=O) groups is 2. The minimum atomic E-state index is -4.97. The van der Waals surface area contributed by atoms with Crippen molar-refractivity contribution >= 4 is 22.0 Å². The van der Waals surface area contributed by atoms with Crippen molar-refractivity contribution in [2.75, 3.05) is 18.8 Å². The SMILES string of the molecule is CCC(=O)NCC(=O)N1CC(F)(F)CC1CS(=O)(=O)F. The number of hydrogen-bond acceptors (Lipinski definition) is 4. The van der Waals surface area contributed by atoms with Gasteiger partial charge in [0.05, 0.1) is 19.1 Å². The minimum absolute atomic E-state index is 0.117. The van der Waals surface area contributed by atoms with Gasteiger partial charge in [-0.25, -0.2) is 8.78 Å². The Kier molecular flexibility index (Phi) is 5.00. The smallest absolute Gasteiger partial charge is 0.304 e. The standard InChI is InChI=1S/C10H15F3N2O4S/c1-2-8(16)14-4-9(17)15-6-10(11,12)3-7(15)5-20(13,18)19/h7H,2-6H2,1H3,(H,14,16). The summed E-state index contributed by atoms with van der Waals surface area (Å²) in [4.78, 5) is 23.3. The number of hydrogen-bond donors (Lipinski definition) is 1. The quantitative estimate of drug-likeness (QED) is 0.726. The fourth-order valence-electron chi connectivity index (χ4n) is 1.97. The van der Waals surface area contributed by atoms with Gasteiger partial charge in [0.1, 0.15) is 5.75 Å². The normalized spacial score (nSPS) is 21.8. The fourth-order valence-corrected chi connectivity index (χ4v) is 2.73. The van der Waals surface area contributed by atoms with Crippen LogP contribution in [-0.4, -0.2) is 55.9 Å². The molecule has 10 heteroatoms. The summed E-state index contributed by atoms with van der Waals surface area (Å²) in [6.07, 6.45) is -0.796. The molecule has 116 valence electrons. The third-order valence-corrected chi connectivity index (χ3v) is 3.63. The maximum atomic E-state index is 13.2. The van der Waals surface area contributed by atoms with Crippen LogP contribution >= 0.6 is 0 Å². The number of alkyl halides is 2. The maximum absolute atomic E-state index is 13.2. The Morgan fingerprint density at radius 2 is 2.00 bits per heavy atom. The fraction of sp³-hybridized carbons (Fsp3) is 0.800. The van der Waals surface area contributed by atoms with Crippen LogP contribution in [0.4, 0.5) is 12.7 Å². The van der Waals surface area contributed by atoms with Crippen molar-refractivity contribution in [1.82, 2.24) is 10.2 Å². The topological polar surface area (TPSA) is 83.6 Å². The molecular formula is C10H15F3N2O4S. The molecule has 0 bridgehead atoms. The van der Waals surface area contributed by atoms with Crippen LogP contribution in [0.1, 0.15) is 19.8 Å². The second-order valence-electron chi connectivity index (χ2n) is 4.57. The first-order valence-electron chi connectivity index (χ1n) is 5.90. The molecule has 1 rings (SSSR count). The molecule has 1 N–H and O–H groups in total. The van der Waals surface area contributed by atoms with E-state index in [4.69, 9.17) is 0 Å². The van der Waals surface area contributed by atoms with Crippen LogP contribution in [0.3, 0.4) is 0 Å². The van der Waals surface area contributed by atoms with Gasteiger partial charge in [0, 0.05) is 12.8 Å². The Bertz CT molecular complexity index is 495. The summed E-state index contributed by atoms with van der Waals surface area (Å²) < 4.78 is 60.2. The number of carbonyl (C=O) groups excluding carboxylic acids is 2. The number of nitrogens with zero attached hydrogens (tertiary/aromatic N) is 1. The Morgan fingerprint density at radius 1 is 1.40 bits per heavy atom. The van der Waals surface area contributed by atoms with E-state index in [9.17, 15) is 30.7 Å². The predicted molar refractivity (Wildman–Crippen MR) is 63.3 cm³/mol. The molecule has 0 aromatic heterocycles. The predicted octanol–water partition coefficient (Wildman–Crippen LogP) is 0.0481. The molecule has 1 aliphatic heterocycles. The molecule has 1 heterocycles. The molecule has 20 heavy (non-hydrogen) atoms. The molecule has 0 radical (unpaired) electrons. The van der Waals surface area contributed by atoms with Crippen molar-refractivity contribution in [1.29, 1.82) is 0 Å². The third kappa shape index (κ3) is 4.99. The molecule has 6 nitrogen and oxygen atoms in total. The zero-order valence-electron chi connectivity index (χ0n) is 10.7. The summed E-state index contributed by atoms with van der Waals surface area (Å²) in [7, 11) is -4.97. The van der Waals surface area contributed by atoms with E-state index < -0.39 is 59.3 Å². The van der Waals surface area contributed by atoms with E-state index in [1.54, 1.807) is 6.92 Å². The summed E-state index contributed by atoms with van der Waals surface area (Å²) in [6.45, 7) is 0.0435. The van der Waals surface area contributed by atoms with Gasteiger partial charge in [-0.2, -0.15) is 8.42 Å². The molecule has 1 unspecified atom stereocenters. The zero-order chi connectivity index (χ0) is 15.6. The monoisotopic (exact) mass is 316 g/mol. The molecule has 2 amide bonds. The summed E-state index contributed by atoms with van der Waals surface area (Å²) in [6, 6.07) is -1.42. The van der Waals surface area contributed by atoms with Crippen LogP contribution in [0.5, 0.6) is 0 Å².